The van der Waals surface area contributed by atoms with E-state index in [4.69, 9.17) is 18.7 Å². The summed E-state index contributed by atoms with van der Waals surface area (Å²) in [5.74, 6) is 2.25. The van der Waals surface area contributed by atoms with E-state index in [1.54, 1.807) is 6.66 Å². The van der Waals surface area contributed by atoms with E-state index in [9.17, 15) is 9.36 Å². The molecular weight excluding hydrogens is 619 g/mol. The van der Waals surface area contributed by atoms with E-state index in [1.165, 1.54) is 0 Å². The molecule has 48 heavy (non-hydrogen) atoms. The third kappa shape index (κ3) is 9.54. The van der Waals surface area contributed by atoms with Crippen molar-refractivity contribution in [3.05, 3.63) is 119 Å². The van der Waals surface area contributed by atoms with Gasteiger partial charge in [0.05, 0.1) is 5.41 Å². The van der Waals surface area contributed by atoms with Gasteiger partial charge in [-0.2, -0.15) is 0 Å². The molecule has 0 aliphatic rings. The molecule has 0 spiro atoms. The second-order valence-corrected chi connectivity index (χ2v) is 18.0. The fourth-order valence-electron chi connectivity index (χ4n) is 5.17. The highest BCUT2D eigenvalue weighted by Gasteiger charge is 2.27. The Kier molecular flexibility index (Phi) is 10.6. The Bertz CT molecular complexity index is 1720. The summed E-state index contributed by atoms with van der Waals surface area (Å²) in [6.45, 7) is 21.8. The zero-order chi connectivity index (χ0) is 35.5. The van der Waals surface area contributed by atoms with Gasteiger partial charge in [-0.1, -0.05) is 76.2 Å². The molecule has 0 saturated heterocycles. The Morgan fingerprint density at radius 1 is 0.542 bits per heavy atom. The SMILES string of the molecule is CC(C)(C)Oc1ccc(C(C)(C)c2ccc(OP(C)(=O)COc3ccc(C(C)(C)c4ccc(OC(=O)C(C)(C)C)cc4)cc3)cc2)cc1. The highest BCUT2D eigenvalue weighted by molar-refractivity contribution is 7.58. The molecule has 0 radical (unpaired) electrons. The van der Waals surface area contributed by atoms with Crippen LogP contribution in [0.25, 0.3) is 0 Å². The Hall–Kier alpha value is -4.02. The Morgan fingerprint density at radius 2 is 0.896 bits per heavy atom. The molecule has 0 heterocycles. The summed E-state index contributed by atoms with van der Waals surface area (Å²) < 4.78 is 36.7. The van der Waals surface area contributed by atoms with Crippen molar-refractivity contribution in [1.29, 1.82) is 0 Å². The summed E-state index contributed by atoms with van der Waals surface area (Å²) in [7, 11) is -3.11. The quantitative estimate of drug-likeness (QED) is 0.0898. The maximum absolute atomic E-state index is 13.4. The van der Waals surface area contributed by atoms with E-state index in [2.05, 4.69) is 39.8 Å². The molecule has 0 saturated carbocycles. The van der Waals surface area contributed by atoms with Crippen LogP contribution in [0.5, 0.6) is 23.0 Å². The van der Waals surface area contributed by atoms with E-state index in [0.29, 0.717) is 17.2 Å². The Morgan fingerprint density at radius 3 is 1.27 bits per heavy atom. The van der Waals surface area contributed by atoms with Crippen molar-refractivity contribution in [2.45, 2.75) is 85.7 Å². The summed E-state index contributed by atoms with van der Waals surface area (Å²) in [5.41, 5.74) is 3.07. The number of carbonyl (C=O) groups is 1. The van der Waals surface area contributed by atoms with Crippen molar-refractivity contribution in [3.8, 4) is 23.0 Å². The molecule has 0 bridgehead atoms. The molecule has 1 atom stereocenters. The first-order valence-electron chi connectivity index (χ1n) is 16.4. The average Bonchev–Trinajstić information content (AvgIpc) is 3.00. The van der Waals surface area contributed by atoms with Crippen LogP contribution in [-0.2, 0) is 20.2 Å². The molecule has 0 aromatic heterocycles. The molecule has 4 rings (SSSR count). The molecule has 0 N–H and O–H groups in total. The van der Waals surface area contributed by atoms with Crippen molar-refractivity contribution < 1.29 is 28.1 Å². The predicted octanol–water partition coefficient (Wildman–Crippen LogP) is 10.8. The standard InChI is InChI=1S/C41H51O6P/c1-38(2,3)37(42)45-34-22-14-30(15-23-34)40(7,8)29-12-20-33(21-13-29)44-28-48(11,43)47-36-26-18-32(19-27-36)41(9,10)31-16-24-35(25-17-31)46-39(4,5)6/h12-27H,28H2,1-11H3. The van der Waals surface area contributed by atoms with Crippen LogP contribution in [0.15, 0.2) is 97.1 Å². The molecule has 0 fully saturated rings. The average molecular weight is 671 g/mol. The molecule has 0 amide bonds. The van der Waals surface area contributed by atoms with E-state index in [-0.39, 0.29) is 28.7 Å². The van der Waals surface area contributed by atoms with Crippen molar-refractivity contribution in [3.63, 3.8) is 0 Å². The monoisotopic (exact) mass is 670 g/mol. The lowest BCUT2D eigenvalue weighted by Gasteiger charge is -2.27. The van der Waals surface area contributed by atoms with E-state index in [1.807, 2.05) is 126 Å². The normalized spacial score (nSPS) is 13.7. The van der Waals surface area contributed by atoms with E-state index >= 15 is 0 Å². The third-order valence-electron chi connectivity index (χ3n) is 8.32. The molecular formula is C41H51O6P. The Labute approximate surface area is 287 Å². The number of hydrogen-bond acceptors (Lipinski definition) is 6. The topological polar surface area (TPSA) is 71.1 Å². The fraction of sp³-hybridized carbons (Fsp3) is 0.390. The van der Waals surface area contributed by atoms with Crippen LogP contribution in [0.4, 0.5) is 0 Å². The summed E-state index contributed by atoms with van der Waals surface area (Å²) in [5, 5.41) is 0. The molecule has 256 valence electrons. The molecule has 0 aliphatic carbocycles. The van der Waals surface area contributed by atoms with Gasteiger partial charge in [0.15, 0.2) is 6.35 Å². The van der Waals surface area contributed by atoms with Gasteiger partial charge in [-0.3, -0.25) is 9.36 Å². The van der Waals surface area contributed by atoms with Gasteiger partial charge in [0, 0.05) is 17.5 Å². The predicted molar refractivity (Wildman–Crippen MR) is 195 cm³/mol. The molecule has 4 aromatic carbocycles. The number of benzene rings is 4. The van der Waals surface area contributed by atoms with E-state index < -0.39 is 12.8 Å². The zero-order valence-corrected chi connectivity index (χ0v) is 31.2. The highest BCUT2D eigenvalue weighted by Crippen LogP contribution is 2.44. The highest BCUT2D eigenvalue weighted by atomic mass is 31.2. The van der Waals surface area contributed by atoms with Gasteiger partial charge in [0.25, 0.3) is 7.37 Å². The summed E-state index contributed by atoms with van der Waals surface area (Å²) in [4.78, 5) is 12.2. The second kappa shape index (κ2) is 13.8. The summed E-state index contributed by atoms with van der Waals surface area (Å²) in [6, 6.07) is 31.4. The van der Waals surface area contributed by atoms with Crippen LogP contribution in [0.3, 0.4) is 0 Å². The minimum Gasteiger partial charge on any atom is -0.488 e. The van der Waals surface area contributed by atoms with Crippen LogP contribution in [-0.4, -0.2) is 24.6 Å². The largest absolute Gasteiger partial charge is 0.488 e. The minimum absolute atomic E-state index is 0.0548. The molecule has 1 unspecified atom stereocenters. The van der Waals surface area contributed by atoms with Gasteiger partial charge in [-0.15, -0.1) is 0 Å². The minimum atomic E-state index is -3.11. The van der Waals surface area contributed by atoms with Crippen LogP contribution >= 0.6 is 7.37 Å². The first kappa shape index (κ1) is 36.8. The smallest absolute Gasteiger partial charge is 0.316 e. The van der Waals surface area contributed by atoms with Crippen molar-refractivity contribution in [2.75, 3.05) is 13.0 Å². The van der Waals surface area contributed by atoms with Crippen LogP contribution in [0, 0.1) is 5.41 Å². The number of carbonyl (C=O) groups excluding carboxylic acids is 1. The van der Waals surface area contributed by atoms with E-state index in [0.717, 1.165) is 28.0 Å². The maximum Gasteiger partial charge on any atom is 0.316 e. The molecule has 4 aromatic rings. The van der Waals surface area contributed by atoms with Gasteiger partial charge >= 0.3 is 5.97 Å². The Balaban J connectivity index is 1.34. The maximum atomic E-state index is 13.4. The van der Waals surface area contributed by atoms with Crippen molar-refractivity contribution >= 4 is 13.3 Å². The van der Waals surface area contributed by atoms with Crippen molar-refractivity contribution in [2.24, 2.45) is 5.41 Å². The van der Waals surface area contributed by atoms with Gasteiger partial charge < -0.3 is 18.7 Å². The van der Waals surface area contributed by atoms with Crippen LogP contribution in [0.2, 0.25) is 0 Å². The van der Waals surface area contributed by atoms with Crippen LogP contribution in [0.1, 0.15) is 91.5 Å². The number of hydrogen-bond donors (Lipinski definition) is 0. The first-order chi connectivity index (χ1) is 22.2. The number of ether oxygens (including phenoxy) is 3. The molecule has 7 heteroatoms. The van der Waals surface area contributed by atoms with Gasteiger partial charge in [-0.05, 0) is 112 Å². The molecule has 0 aliphatic heterocycles. The number of rotatable bonds is 11. The molecule has 6 nitrogen and oxygen atoms in total. The summed E-state index contributed by atoms with van der Waals surface area (Å²) >= 11 is 0. The van der Waals surface area contributed by atoms with Gasteiger partial charge in [0.2, 0.25) is 0 Å². The first-order valence-corrected chi connectivity index (χ1v) is 18.6. The summed E-state index contributed by atoms with van der Waals surface area (Å²) in [6.07, 6.45) is -0.0548. The zero-order valence-electron chi connectivity index (χ0n) is 30.3. The van der Waals surface area contributed by atoms with Gasteiger partial charge in [-0.25, -0.2) is 0 Å². The second-order valence-electron chi connectivity index (χ2n) is 15.6. The van der Waals surface area contributed by atoms with Crippen LogP contribution < -0.4 is 18.7 Å². The third-order valence-corrected chi connectivity index (χ3v) is 9.51. The lowest BCUT2D eigenvalue weighted by molar-refractivity contribution is -0.143. The number of esters is 1. The van der Waals surface area contributed by atoms with Crippen molar-refractivity contribution in [1.82, 2.24) is 0 Å². The van der Waals surface area contributed by atoms with Gasteiger partial charge in [0.1, 0.15) is 28.6 Å². The fourth-order valence-corrected chi connectivity index (χ4v) is 6.17. The lowest BCUT2D eigenvalue weighted by Crippen LogP contribution is -2.25. The lowest BCUT2D eigenvalue weighted by atomic mass is 9.78.